The average Bonchev–Trinajstić information content (AvgIpc) is 2.69. The number of ketones is 1. The van der Waals surface area contributed by atoms with Gasteiger partial charge in [-0.3, -0.25) is 4.79 Å². The molecule has 1 unspecified atom stereocenters. The van der Waals surface area contributed by atoms with E-state index in [0.29, 0.717) is 35.9 Å². The molecule has 0 fully saturated rings. The zero-order chi connectivity index (χ0) is 20.4. The maximum atomic E-state index is 13.2. The van der Waals surface area contributed by atoms with Gasteiger partial charge in [-0.1, -0.05) is 26.0 Å². The molecule has 5 nitrogen and oxygen atoms in total. The molecule has 0 bridgehead atoms. The number of aromatic nitrogens is 2. The molecule has 1 aromatic heterocycles. The first-order chi connectivity index (χ1) is 14.0. The molecule has 148 valence electrons. The predicted molar refractivity (Wildman–Crippen MR) is 113 cm³/mol. The Morgan fingerprint density at radius 2 is 1.62 bits per heavy atom. The molecule has 0 saturated carbocycles. The molecule has 29 heavy (non-hydrogen) atoms. The summed E-state index contributed by atoms with van der Waals surface area (Å²) in [6, 6.07) is 14.1. The van der Waals surface area contributed by atoms with Gasteiger partial charge in [0.2, 0.25) is 5.95 Å². The highest BCUT2D eigenvalue weighted by atomic mass is 19.1. The number of aryl methyl sites for hydroxylation is 1. The van der Waals surface area contributed by atoms with Crippen molar-refractivity contribution in [3.8, 4) is 0 Å². The monoisotopic (exact) mass is 390 g/mol. The Bertz CT molecular complexity index is 1030. The molecule has 0 aliphatic heterocycles. The minimum atomic E-state index is -0.306. The zero-order valence-corrected chi connectivity index (χ0v) is 16.5. The number of nitrogens with one attached hydrogen (secondary N) is 2. The van der Waals surface area contributed by atoms with Crippen molar-refractivity contribution in [1.82, 2.24) is 9.97 Å². The highest BCUT2D eigenvalue weighted by Gasteiger charge is 2.28. The van der Waals surface area contributed by atoms with Gasteiger partial charge in [0.15, 0.2) is 5.78 Å². The third kappa shape index (κ3) is 4.26. The van der Waals surface area contributed by atoms with Crippen LogP contribution in [0, 0.1) is 11.7 Å². The van der Waals surface area contributed by atoms with E-state index in [-0.39, 0.29) is 17.5 Å². The summed E-state index contributed by atoms with van der Waals surface area (Å²) in [5.41, 5.74) is 4.08. The van der Waals surface area contributed by atoms with Crippen LogP contribution in [0.15, 0.2) is 48.5 Å². The molecule has 0 radical (unpaired) electrons. The van der Waals surface area contributed by atoms with Crippen LogP contribution in [0.4, 0.5) is 27.5 Å². The van der Waals surface area contributed by atoms with Gasteiger partial charge in [-0.15, -0.1) is 0 Å². The van der Waals surface area contributed by atoms with Gasteiger partial charge in [0.1, 0.15) is 11.6 Å². The lowest BCUT2D eigenvalue weighted by molar-refractivity contribution is 0.0953. The highest BCUT2D eigenvalue weighted by Crippen LogP contribution is 2.32. The molecule has 4 rings (SSSR count). The largest absolute Gasteiger partial charge is 0.339 e. The number of nitrogens with zero attached hydrogens (tertiary/aromatic N) is 2. The zero-order valence-electron chi connectivity index (χ0n) is 16.5. The van der Waals surface area contributed by atoms with Crippen molar-refractivity contribution in [2.24, 2.45) is 5.92 Å². The number of anilines is 4. The van der Waals surface area contributed by atoms with Crippen LogP contribution in [0.1, 0.15) is 41.9 Å². The SMILES string of the molecule is CCc1ccc(Nc2nc(Nc3ccc(F)cc3)nc3c2C(=O)CC(C)C3)cc1. The van der Waals surface area contributed by atoms with E-state index in [2.05, 4.69) is 39.7 Å². The van der Waals surface area contributed by atoms with Crippen LogP contribution in [0.3, 0.4) is 0 Å². The Morgan fingerprint density at radius 3 is 2.31 bits per heavy atom. The van der Waals surface area contributed by atoms with Gasteiger partial charge >= 0.3 is 0 Å². The fourth-order valence-electron chi connectivity index (χ4n) is 3.54. The number of carbonyl (C=O) groups excluding carboxylic acids is 1. The van der Waals surface area contributed by atoms with Crippen molar-refractivity contribution in [2.45, 2.75) is 33.1 Å². The number of fused-ring (bicyclic) bond motifs is 1. The van der Waals surface area contributed by atoms with Crippen molar-refractivity contribution in [3.63, 3.8) is 0 Å². The minimum absolute atomic E-state index is 0.0553. The van der Waals surface area contributed by atoms with Crippen LogP contribution in [0.25, 0.3) is 0 Å². The van der Waals surface area contributed by atoms with Crippen LogP contribution >= 0.6 is 0 Å². The van der Waals surface area contributed by atoms with Crippen LogP contribution in [-0.4, -0.2) is 15.8 Å². The van der Waals surface area contributed by atoms with E-state index in [1.54, 1.807) is 12.1 Å². The summed E-state index contributed by atoms with van der Waals surface area (Å²) in [7, 11) is 0. The summed E-state index contributed by atoms with van der Waals surface area (Å²) in [6.07, 6.45) is 2.17. The van der Waals surface area contributed by atoms with E-state index in [1.807, 2.05) is 19.1 Å². The molecule has 1 aliphatic rings. The van der Waals surface area contributed by atoms with Gasteiger partial charge in [-0.05, 0) is 60.7 Å². The Hall–Kier alpha value is -3.28. The molecule has 0 amide bonds. The second-order valence-electron chi connectivity index (χ2n) is 7.46. The lowest BCUT2D eigenvalue weighted by Gasteiger charge is -2.23. The topological polar surface area (TPSA) is 66.9 Å². The normalized spacial score (nSPS) is 15.7. The average molecular weight is 390 g/mol. The molecular weight excluding hydrogens is 367 g/mol. The van der Waals surface area contributed by atoms with Crippen LogP contribution in [0.2, 0.25) is 0 Å². The van der Waals surface area contributed by atoms with E-state index in [1.165, 1.54) is 17.7 Å². The maximum absolute atomic E-state index is 13.2. The third-order valence-corrected chi connectivity index (χ3v) is 5.06. The summed E-state index contributed by atoms with van der Waals surface area (Å²) >= 11 is 0. The molecule has 0 saturated heterocycles. The molecule has 2 N–H and O–H groups in total. The minimum Gasteiger partial charge on any atom is -0.339 e. The van der Waals surface area contributed by atoms with Gasteiger partial charge < -0.3 is 10.6 Å². The molecule has 1 heterocycles. The predicted octanol–water partition coefficient (Wildman–Crippen LogP) is 5.43. The Labute approximate surface area is 169 Å². The number of carbonyl (C=O) groups is 1. The third-order valence-electron chi connectivity index (χ3n) is 5.06. The first kappa shape index (κ1) is 19.1. The molecule has 3 aromatic rings. The fourth-order valence-corrected chi connectivity index (χ4v) is 3.54. The maximum Gasteiger partial charge on any atom is 0.229 e. The van der Waals surface area contributed by atoms with Crippen molar-refractivity contribution in [2.75, 3.05) is 10.6 Å². The van der Waals surface area contributed by atoms with Gasteiger partial charge in [0.25, 0.3) is 0 Å². The van der Waals surface area contributed by atoms with E-state index in [0.717, 1.165) is 17.8 Å². The Balaban J connectivity index is 1.71. The van der Waals surface area contributed by atoms with Crippen molar-refractivity contribution >= 4 is 28.9 Å². The van der Waals surface area contributed by atoms with E-state index >= 15 is 0 Å². The van der Waals surface area contributed by atoms with Gasteiger partial charge in [0, 0.05) is 17.8 Å². The number of rotatable bonds is 5. The lowest BCUT2D eigenvalue weighted by atomic mass is 9.87. The molecule has 2 aromatic carbocycles. The molecular formula is C23H23FN4O. The van der Waals surface area contributed by atoms with Gasteiger partial charge in [0.05, 0.1) is 11.3 Å². The van der Waals surface area contributed by atoms with E-state index < -0.39 is 0 Å². The van der Waals surface area contributed by atoms with E-state index in [9.17, 15) is 9.18 Å². The van der Waals surface area contributed by atoms with Gasteiger partial charge in [-0.25, -0.2) is 9.37 Å². The van der Waals surface area contributed by atoms with Crippen LogP contribution in [0.5, 0.6) is 0 Å². The second kappa shape index (κ2) is 7.99. The number of halogens is 1. The number of hydrogen-bond acceptors (Lipinski definition) is 5. The van der Waals surface area contributed by atoms with Crippen molar-refractivity contribution in [3.05, 3.63) is 71.2 Å². The summed E-state index contributed by atoms with van der Waals surface area (Å²) in [4.78, 5) is 21.9. The summed E-state index contributed by atoms with van der Waals surface area (Å²) in [5.74, 6) is 0.866. The molecule has 1 aliphatic carbocycles. The first-order valence-electron chi connectivity index (χ1n) is 9.84. The molecule has 6 heteroatoms. The lowest BCUT2D eigenvalue weighted by Crippen LogP contribution is -2.22. The van der Waals surface area contributed by atoms with Crippen LogP contribution in [-0.2, 0) is 12.8 Å². The number of Topliss-reactive ketones (excluding diaryl/α,β-unsaturated/α-hetero) is 1. The fraction of sp³-hybridized carbons (Fsp3) is 0.261. The van der Waals surface area contributed by atoms with Crippen molar-refractivity contribution in [1.29, 1.82) is 0 Å². The Morgan fingerprint density at radius 1 is 0.966 bits per heavy atom. The van der Waals surface area contributed by atoms with E-state index in [4.69, 9.17) is 0 Å². The second-order valence-corrected chi connectivity index (χ2v) is 7.46. The standard InChI is InChI=1S/C23H23FN4O/c1-3-15-4-8-17(9-5-15)25-22-21-19(12-14(2)13-20(21)29)27-23(28-22)26-18-10-6-16(24)7-11-18/h4-11,14H,3,12-13H2,1-2H3,(H2,25,26,27,28). The summed E-state index contributed by atoms with van der Waals surface area (Å²) in [6.45, 7) is 4.16. The smallest absolute Gasteiger partial charge is 0.229 e. The van der Waals surface area contributed by atoms with Gasteiger partial charge in [-0.2, -0.15) is 4.98 Å². The van der Waals surface area contributed by atoms with Crippen LogP contribution < -0.4 is 10.6 Å². The van der Waals surface area contributed by atoms with Crippen molar-refractivity contribution < 1.29 is 9.18 Å². The highest BCUT2D eigenvalue weighted by molar-refractivity contribution is 6.03. The summed E-state index contributed by atoms with van der Waals surface area (Å²) in [5, 5.41) is 6.41. The summed E-state index contributed by atoms with van der Waals surface area (Å²) < 4.78 is 13.2. The quantitative estimate of drug-likeness (QED) is 0.608. The molecule has 0 spiro atoms. The number of hydrogen-bond donors (Lipinski definition) is 2. The Kier molecular flexibility index (Phi) is 5.25. The number of benzene rings is 2. The molecule has 1 atom stereocenters. The first-order valence-corrected chi connectivity index (χ1v) is 9.84.